The summed E-state index contributed by atoms with van der Waals surface area (Å²) in [5, 5.41) is 7.48. The largest absolute Gasteiger partial charge is 0.334 e. The summed E-state index contributed by atoms with van der Waals surface area (Å²) >= 11 is 0. The highest BCUT2D eigenvalue weighted by Crippen LogP contribution is 2.00. The molecule has 0 spiro atoms. The van der Waals surface area contributed by atoms with Crippen LogP contribution in [0, 0.1) is 6.92 Å². The predicted molar refractivity (Wildman–Crippen MR) is 43.0 cm³/mol. The Labute approximate surface area is 68.3 Å². The van der Waals surface area contributed by atoms with Gasteiger partial charge in [0.2, 0.25) is 0 Å². The third kappa shape index (κ3) is 0.761. The molecule has 2 heterocycles. The molecule has 5 nitrogen and oxygen atoms in total. The molecule has 2 rings (SSSR count). The number of fused-ring (bicyclic) bond motifs is 1. The van der Waals surface area contributed by atoms with E-state index in [1.54, 1.807) is 13.2 Å². The van der Waals surface area contributed by atoms with E-state index in [0.29, 0.717) is 5.65 Å². The predicted octanol–water partition coefficient (Wildman–Crippen LogP) is -0.264. The smallest absolute Gasteiger partial charge is 0.303 e. The highest BCUT2D eigenvalue weighted by atomic mass is 16.1. The summed E-state index contributed by atoms with van der Waals surface area (Å²) < 4.78 is 2.93. The van der Waals surface area contributed by atoms with Gasteiger partial charge >= 0.3 is 5.69 Å². The van der Waals surface area contributed by atoms with Crippen LogP contribution < -0.4 is 5.69 Å². The van der Waals surface area contributed by atoms with Crippen molar-refractivity contribution in [1.29, 1.82) is 0 Å². The molecule has 0 fully saturated rings. The van der Waals surface area contributed by atoms with Gasteiger partial charge in [0.1, 0.15) is 6.33 Å². The molecule has 0 saturated heterocycles. The summed E-state index contributed by atoms with van der Waals surface area (Å²) in [6.45, 7) is 1.89. The fourth-order valence-electron chi connectivity index (χ4n) is 1.22. The minimum atomic E-state index is -0.124. The van der Waals surface area contributed by atoms with Crippen LogP contribution in [0.5, 0.6) is 0 Å². The summed E-state index contributed by atoms with van der Waals surface area (Å²) in [6, 6.07) is 0. The van der Waals surface area contributed by atoms with Crippen LogP contribution in [0.4, 0.5) is 0 Å². The van der Waals surface area contributed by atoms with Crippen molar-refractivity contribution < 1.29 is 0 Å². The van der Waals surface area contributed by atoms with E-state index < -0.39 is 0 Å². The maximum Gasteiger partial charge on any atom is 0.334 e. The molecule has 0 atom stereocenters. The van der Waals surface area contributed by atoms with Crippen molar-refractivity contribution in [3.8, 4) is 0 Å². The Morgan fingerprint density at radius 1 is 1.50 bits per heavy atom. The SMILES string of the molecule is Cc1cn(C)c(=O)n2cnnc12. The molecule has 0 unspecified atom stereocenters. The molecule has 0 bridgehead atoms. The molecule has 2 aromatic heterocycles. The Kier molecular flexibility index (Phi) is 1.27. The first-order valence-electron chi connectivity index (χ1n) is 3.56. The fourth-order valence-corrected chi connectivity index (χ4v) is 1.22. The van der Waals surface area contributed by atoms with Gasteiger partial charge in [-0.3, -0.25) is 0 Å². The minimum Gasteiger partial charge on any atom is -0.303 e. The Hall–Kier alpha value is -1.65. The summed E-state index contributed by atoms with van der Waals surface area (Å²) in [6.07, 6.45) is 3.16. The number of rotatable bonds is 0. The quantitative estimate of drug-likeness (QED) is 0.539. The molecule has 0 radical (unpaired) electrons. The van der Waals surface area contributed by atoms with Gasteiger partial charge in [0.15, 0.2) is 5.65 Å². The average Bonchev–Trinajstić information content (AvgIpc) is 2.48. The summed E-state index contributed by atoms with van der Waals surface area (Å²) in [4.78, 5) is 11.4. The van der Waals surface area contributed by atoms with Gasteiger partial charge < -0.3 is 4.57 Å². The van der Waals surface area contributed by atoms with E-state index in [2.05, 4.69) is 10.2 Å². The zero-order chi connectivity index (χ0) is 8.72. The second-order valence-corrected chi connectivity index (χ2v) is 2.73. The minimum absolute atomic E-state index is 0.124. The average molecular weight is 164 g/mol. The lowest BCUT2D eigenvalue weighted by Crippen LogP contribution is -2.23. The molecule has 0 aliphatic heterocycles. The molecule has 5 heteroatoms. The van der Waals surface area contributed by atoms with Crippen molar-refractivity contribution in [2.45, 2.75) is 6.92 Å². The normalized spacial score (nSPS) is 10.8. The summed E-state index contributed by atoms with van der Waals surface area (Å²) in [5.41, 5.74) is 1.44. The zero-order valence-corrected chi connectivity index (χ0v) is 6.85. The molecule has 0 aromatic carbocycles. The molecule has 0 aliphatic rings. The zero-order valence-electron chi connectivity index (χ0n) is 6.85. The molecule has 12 heavy (non-hydrogen) atoms. The monoisotopic (exact) mass is 164 g/mol. The Morgan fingerprint density at radius 2 is 2.25 bits per heavy atom. The van der Waals surface area contributed by atoms with E-state index >= 15 is 0 Å². The molecule has 2 aromatic rings. The standard InChI is InChI=1S/C7H8N4O/c1-5-3-10(2)7(12)11-4-8-9-6(5)11/h3-4H,1-2H3. The van der Waals surface area contributed by atoms with E-state index in [1.807, 2.05) is 6.92 Å². The van der Waals surface area contributed by atoms with Gasteiger partial charge in [-0.1, -0.05) is 0 Å². The molecule has 0 aliphatic carbocycles. The van der Waals surface area contributed by atoms with Gasteiger partial charge in [0.05, 0.1) is 0 Å². The van der Waals surface area contributed by atoms with Crippen LogP contribution in [-0.4, -0.2) is 19.2 Å². The lowest BCUT2D eigenvalue weighted by molar-refractivity contribution is 0.781. The maximum atomic E-state index is 11.4. The van der Waals surface area contributed by atoms with Crippen molar-refractivity contribution in [3.63, 3.8) is 0 Å². The third-order valence-electron chi connectivity index (χ3n) is 1.80. The number of aryl methyl sites for hydroxylation is 2. The lowest BCUT2D eigenvalue weighted by Gasteiger charge is -1.99. The Bertz CT molecular complexity index is 482. The highest BCUT2D eigenvalue weighted by molar-refractivity contribution is 5.43. The Balaban J connectivity index is 3.07. The van der Waals surface area contributed by atoms with Gasteiger partial charge in [-0.25, -0.2) is 9.20 Å². The number of hydrogen-bond donors (Lipinski definition) is 0. The topological polar surface area (TPSA) is 52.2 Å². The van der Waals surface area contributed by atoms with Crippen LogP contribution in [0.1, 0.15) is 5.56 Å². The van der Waals surface area contributed by atoms with Crippen LogP contribution in [0.15, 0.2) is 17.3 Å². The molecule has 62 valence electrons. The van der Waals surface area contributed by atoms with Crippen LogP contribution in [-0.2, 0) is 7.05 Å². The van der Waals surface area contributed by atoms with Gasteiger partial charge in [0, 0.05) is 18.8 Å². The Morgan fingerprint density at radius 3 is 3.00 bits per heavy atom. The van der Waals surface area contributed by atoms with Crippen LogP contribution in [0.25, 0.3) is 5.65 Å². The first-order valence-corrected chi connectivity index (χ1v) is 3.56. The summed E-state index contributed by atoms with van der Waals surface area (Å²) in [7, 11) is 1.70. The van der Waals surface area contributed by atoms with Crippen LogP contribution in [0.2, 0.25) is 0 Å². The van der Waals surface area contributed by atoms with Gasteiger partial charge in [-0.05, 0) is 6.92 Å². The van der Waals surface area contributed by atoms with Crippen molar-refractivity contribution in [3.05, 3.63) is 28.6 Å². The summed E-state index contributed by atoms with van der Waals surface area (Å²) in [5.74, 6) is 0. The second kappa shape index (κ2) is 2.17. The van der Waals surface area contributed by atoms with Gasteiger partial charge in [0.25, 0.3) is 0 Å². The number of aromatic nitrogens is 4. The molecular formula is C7H8N4O. The number of nitrogens with zero attached hydrogens (tertiary/aromatic N) is 4. The first-order chi connectivity index (χ1) is 5.70. The van der Waals surface area contributed by atoms with Crippen LogP contribution in [0.3, 0.4) is 0 Å². The molecule has 0 saturated carbocycles. The van der Waals surface area contributed by atoms with E-state index in [9.17, 15) is 4.79 Å². The number of hydrogen-bond acceptors (Lipinski definition) is 3. The maximum absolute atomic E-state index is 11.4. The first kappa shape index (κ1) is 7.02. The van der Waals surface area contributed by atoms with Crippen molar-refractivity contribution >= 4 is 5.65 Å². The van der Waals surface area contributed by atoms with E-state index in [0.717, 1.165) is 5.56 Å². The highest BCUT2D eigenvalue weighted by Gasteiger charge is 2.03. The molecule has 0 amide bonds. The van der Waals surface area contributed by atoms with Gasteiger partial charge in [-0.2, -0.15) is 0 Å². The van der Waals surface area contributed by atoms with Gasteiger partial charge in [-0.15, -0.1) is 10.2 Å². The third-order valence-corrected chi connectivity index (χ3v) is 1.80. The molecule has 0 N–H and O–H groups in total. The van der Waals surface area contributed by atoms with E-state index in [1.165, 1.54) is 15.3 Å². The van der Waals surface area contributed by atoms with Crippen LogP contribution >= 0.6 is 0 Å². The van der Waals surface area contributed by atoms with Crippen molar-refractivity contribution in [2.24, 2.45) is 7.05 Å². The lowest BCUT2D eigenvalue weighted by atomic mass is 10.4. The van der Waals surface area contributed by atoms with E-state index in [4.69, 9.17) is 0 Å². The fraction of sp³-hybridized carbons (Fsp3) is 0.286. The van der Waals surface area contributed by atoms with E-state index in [-0.39, 0.29) is 5.69 Å². The van der Waals surface area contributed by atoms with Crippen molar-refractivity contribution in [2.75, 3.05) is 0 Å². The van der Waals surface area contributed by atoms with Crippen molar-refractivity contribution in [1.82, 2.24) is 19.2 Å². The molecular weight excluding hydrogens is 156 g/mol. The second-order valence-electron chi connectivity index (χ2n) is 2.73.